The molecule has 80 valence electrons. The molecule has 2 rings (SSSR count). The number of benzene rings is 1. The van der Waals surface area contributed by atoms with E-state index < -0.39 is 5.97 Å². The van der Waals surface area contributed by atoms with Gasteiger partial charge < -0.3 is 10.4 Å². The Kier molecular flexibility index (Phi) is 2.73. The fourth-order valence-electron chi connectivity index (χ4n) is 2.11. The van der Waals surface area contributed by atoms with Gasteiger partial charge >= 0.3 is 5.97 Å². The van der Waals surface area contributed by atoms with Crippen molar-refractivity contribution in [2.45, 2.75) is 25.8 Å². The molecule has 0 saturated carbocycles. The average Bonchev–Trinajstić information content (AvgIpc) is 2.70. The van der Waals surface area contributed by atoms with Crippen LogP contribution in [0.4, 0.5) is 0 Å². The lowest BCUT2D eigenvalue weighted by molar-refractivity contribution is 0.0695. The minimum Gasteiger partial charge on any atom is -0.478 e. The number of aromatic carboxylic acids is 1. The Morgan fingerprint density at radius 3 is 2.93 bits per heavy atom. The molecule has 0 unspecified atom stereocenters. The van der Waals surface area contributed by atoms with Gasteiger partial charge in [-0.2, -0.15) is 0 Å². The van der Waals surface area contributed by atoms with Crippen LogP contribution in [0.5, 0.6) is 0 Å². The molecular formula is C12H15NO2. The van der Waals surface area contributed by atoms with Crippen LogP contribution in [0.25, 0.3) is 0 Å². The van der Waals surface area contributed by atoms with Crippen molar-refractivity contribution < 1.29 is 9.90 Å². The van der Waals surface area contributed by atoms with Gasteiger partial charge in [-0.3, -0.25) is 0 Å². The molecule has 2 N–H and O–H groups in total. The van der Waals surface area contributed by atoms with Crippen molar-refractivity contribution in [1.29, 1.82) is 0 Å². The van der Waals surface area contributed by atoms with Gasteiger partial charge in [-0.15, -0.1) is 0 Å². The third kappa shape index (κ3) is 2.02. The molecule has 1 atom stereocenters. The lowest BCUT2D eigenvalue weighted by Crippen LogP contribution is -2.16. The molecule has 1 aliphatic rings. The van der Waals surface area contributed by atoms with E-state index in [1.165, 1.54) is 0 Å². The first-order valence-electron chi connectivity index (χ1n) is 5.25. The molecule has 1 aromatic rings. The summed E-state index contributed by atoms with van der Waals surface area (Å²) in [6.45, 7) is 2.90. The fraction of sp³-hybridized carbons (Fsp3) is 0.417. The van der Waals surface area contributed by atoms with Gasteiger partial charge in [-0.25, -0.2) is 4.79 Å². The van der Waals surface area contributed by atoms with E-state index in [0.717, 1.165) is 30.5 Å². The van der Waals surface area contributed by atoms with Crippen LogP contribution in [-0.2, 0) is 0 Å². The standard InChI is InChI=1S/C12H15NO2/c1-8-4-5-9(10(7-8)12(14)15)11-3-2-6-13-11/h4-5,7,11,13H,2-3,6H2,1H3,(H,14,15)/t11-/m1/s1. The van der Waals surface area contributed by atoms with Gasteiger partial charge in [0.2, 0.25) is 0 Å². The molecule has 0 spiro atoms. The van der Waals surface area contributed by atoms with Gasteiger partial charge in [0.15, 0.2) is 0 Å². The van der Waals surface area contributed by atoms with E-state index >= 15 is 0 Å². The summed E-state index contributed by atoms with van der Waals surface area (Å²) < 4.78 is 0. The lowest BCUT2D eigenvalue weighted by Gasteiger charge is -2.14. The molecule has 0 bridgehead atoms. The molecule has 1 aliphatic heterocycles. The van der Waals surface area contributed by atoms with E-state index in [4.69, 9.17) is 5.11 Å². The Hall–Kier alpha value is -1.35. The maximum absolute atomic E-state index is 11.1. The van der Waals surface area contributed by atoms with Crippen LogP contribution in [0, 0.1) is 6.92 Å². The number of rotatable bonds is 2. The normalized spacial score (nSPS) is 20.5. The molecule has 0 aliphatic carbocycles. The minimum atomic E-state index is -0.831. The number of carbonyl (C=O) groups is 1. The van der Waals surface area contributed by atoms with E-state index in [2.05, 4.69) is 5.32 Å². The molecule has 3 nitrogen and oxygen atoms in total. The second-order valence-corrected chi connectivity index (χ2v) is 4.04. The Morgan fingerprint density at radius 1 is 1.53 bits per heavy atom. The van der Waals surface area contributed by atoms with E-state index in [9.17, 15) is 4.79 Å². The second kappa shape index (κ2) is 4.03. The quantitative estimate of drug-likeness (QED) is 0.777. The van der Waals surface area contributed by atoms with Crippen molar-refractivity contribution >= 4 is 5.97 Å². The van der Waals surface area contributed by atoms with Crippen LogP contribution in [0.2, 0.25) is 0 Å². The van der Waals surface area contributed by atoms with Crippen molar-refractivity contribution in [2.24, 2.45) is 0 Å². The topological polar surface area (TPSA) is 49.3 Å². The first-order valence-corrected chi connectivity index (χ1v) is 5.25. The van der Waals surface area contributed by atoms with E-state index in [1.807, 2.05) is 19.1 Å². The van der Waals surface area contributed by atoms with Gasteiger partial charge in [0.1, 0.15) is 0 Å². The van der Waals surface area contributed by atoms with Crippen LogP contribution < -0.4 is 5.32 Å². The van der Waals surface area contributed by atoms with Crippen molar-refractivity contribution in [1.82, 2.24) is 5.32 Å². The van der Waals surface area contributed by atoms with Gasteiger partial charge in [-0.1, -0.05) is 17.7 Å². The summed E-state index contributed by atoms with van der Waals surface area (Å²) in [7, 11) is 0. The zero-order chi connectivity index (χ0) is 10.8. The van der Waals surface area contributed by atoms with Crippen LogP contribution in [-0.4, -0.2) is 17.6 Å². The summed E-state index contributed by atoms with van der Waals surface area (Å²) in [6.07, 6.45) is 2.15. The highest BCUT2D eigenvalue weighted by Crippen LogP contribution is 2.26. The number of carboxylic acids is 1. The van der Waals surface area contributed by atoms with Crippen molar-refractivity contribution in [3.8, 4) is 0 Å². The highest BCUT2D eigenvalue weighted by Gasteiger charge is 2.21. The number of hydrogen-bond acceptors (Lipinski definition) is 2. The van der Waals surface area contributed by atoms with Crippen molar-refractivity contribution in [2.75, 3.05) is 6.54 Å². The fourth-order valence-corrected chi connectivity index (χ4v) is 2.11. The van der Waals surface area contributed by atoms with Crippen LogP contribution in [0.15, 0.2) is 18.2 Å². The summed E-state index contributed by atoms with van der Waals surface area (Å²) in [6, 6.07) is 5.87. The summed E-state index contributed by atoms with van der Waals surface area (Å²) >= 11 is 0. The first-order chi connectivity index (χ1) is 7.18. The number of aryl methyl sites for hydroxylation is 1. The Balaban J connectivity index is 2.40. The summed E-state index contributed by atoms with van der Waals surface area (Å²) in [4.78, 5) is 11.1. The van der Waals surface area contributed by atoms with E-state index in [0.29, 0.717) is 5.56 Å². The number of carboxylic acid groups (broad SMARTS) is 1. The lowest BCUT2D eigenvalue weighted by atomic mass is 9.97. The molecule has 1 saturated heterocycles. The van der Waals surface area contributed by atoms with Crippen LogP contribution in [0.1, 0.15) is 40.4 Å². The maximum Gasteiger partial charge on any atom is 0.336 e. The van der Waals surface area contributed by atoms with Crippen LogP contribution >= 0.6 is 0 Å². The predicted octanol–water partition coefficient (Wildman–Crippen LogP) is 2.12. The molecule has 0 aromatic heterocycles. The van der Waals surface area contributed by atoms with Crippen molar-refractivity contribution in [3.05, 3.63) is 34.9 Å². The third-order valence-electron chi connectivity index (χ3n) is 2.87. The molecule has 3 heteroatoms. The van der Waals surface area contributed by atoms with Crippen LogP contribution in [0.3, 0.4) is 0 Å². The van der Waals surface area contributed by atoms with Gasteiger partial charge in [-0.05, 0) is 37.9 Å². The third-order valence-corrected chi connectivity index (χ3v) is 2.87. The Morgan fingerprint density at radius 2 is 2.33 bits per heavy atom. The summed E-state index contributed by atoms with van der Waals surface area (Å²) in [5, 5.41) is 12.4. The maximum atomic E-state index is 11.1. The zero-order valence-corrected chi connectivity index (χ0v) is 8.79. The average molecular weight is 205 g/mol. The smallest absolute Gasteiger partial charge is 0.336 e. The number of hydrogen-bond donors (Lipinski definition) is 2. The predicted molar refractivity (Wildman–Crippen MR) is 58.1 cm³/mol. The Labute approximate surface area is 89.1 Å². The summed E-state index contributed by atoms with van der Waals surface area (Å²) in [5.41, 5.74) is 2.36. The molecule has 0 radical (unpaired) electrons. The molecule has 0 amide bonds. The molecular weight excluding hydrogens is 190 g/mol. The van der Waals surface area contributed by atoms with E-state index in [-0.39, 0.29) is 6.04 Å². The molecule has 1 heterocycles. The zero-order valence-electron chi connectivity index (χ0n) is 8.79. The highest BCUT2D eigenvalue weighted by atomic mass is 16.4. The largest absolute Gasteiger partial charge is 0.478 e. The van der Waals surface area contributed by atoms with Gasteiger partial charge in [0.25, 0.3) is 0 Å². The summed E-state index contributed by atoms with van der Waals surface area (Å²) in [5.74, 6) is -0.831. The monoisotopic (exact) mass is 205 g/mol. The molecule has 1 aromatic carbocycles. The molecule has 1 fully saturated rings. The number of nitrogens with one attached hydrogen (secondary N) is 1. The second-order valence-electron chi connectivity index (χ2n) is 4.04. The SMILES string of the molecule is Cc1ccc([C@H]2CCCN2)c(C(=O)O)c1. The molecule has 15 heavy (non-hydrogen) atoms. The van der Waals surface area contributed by atoms with Gasteiger partial charge in [0, 0.05) is 6.04 Å². The van der Waals surface area contributed by atoms with Crippen molar-refractivity contribution in [3.63, 3.8) is 0 Å². The van der Waals surface area contributed by atoms with Gasteiger partial charge in [0.05, 0.1) is 5.56 Å². The Bertz CT molecular complexity index is 381. The minimum absolute atomic E-state index is 0.219. The first kappa shape index (κ1) is 10.2. The van der Waals surface area contributed by atoms with E-state index in [1.54, 1.807) is 6.07 Å². The highest BCUT2D eigenvalue weighted by molar-refractivity contribution is 5.89.